The molecule has 0 aromatic heterocycles. The van der Waals surface area contributed by atoms with Gasteiger partial charge in [-0.1, -0.05) is 29.8 Å². The fourth-order valence-corrected chi connectivity index (χ4v) is 2.28. The summed E-state index contributed by atoms with van der Waals surface area (Å²) in [6, 6.07) is 3.35. The van der Waals surface area contributed by atoms with E-state index in [1.165, 1.54) is 0 Å². The van der Waals surface area contributed by atoms with Crippen molar-refractivity contribution < 1.29 is 4.39 Å². The lowest BCUT2D eigenvalue weighted by Gasteiger charge is -2.16. The number of nitrogens with two attached hydrogens (primary N) is 1. The molecule has 1 rings (SSSR count). The quantitative estimate of drug-likeness (QED) is 0.876. The smallest absolute Gasteiger partial charge is 0.130 e. The average molecular weight is 288 g/mol. The van der Waals surface area contributed by atoms with E-state index < -0.39 is 0 Å². The summed E-state index contributed by atoms with van der Waals surface area (Å²) in [6.07, 6.45) is 1.84. The summed E-state index contributed by atoms with van der Waals surface area (Å²) in [5.41, 5.74) is 7.28. The highest BCUT2D eigenvalue weighted by Crippen LogP contribution is 2.26. The van der Waals surface area contributed by atoms with Crippen LogP contribution in [0.3, 0.4) is 0 Å². The van der Waals surface area contributed by atoms with Crippen LogP contribution >= 0.6 is 15.9 Å². The van der Waals surface area contributed by atoms with E-state index in [1.807, 2.05) is 0 Å². The van der Waals surface area contributed by atoms with E-state index in [2.05, 4.69) is 29.8 Å². The zero-order valence-corrected chi connectivity index (χ0v) is 11.6. The fraction of sp³-hybridized carbons (Fsp3) is 0.538. The SMILES string of the molecule is Cc1cc(Br)cc([C@@H](N)CCC(C)C)c1F. The molecule has 0 amide bonds. The highest BCUT2D eigenvalue weighted by atomic mass is 79.9. The predicted octanol–water partition coefficient (Wildman–Crippen LogP) is 4.33. The monoisotopic (exact) mass is 287 g/mol. The molecule has 1 atom stereocenters. The second-order valence-corrected chi connectivity index (χ2v) is 5.62. The first-order valence-corrected chi connectivity index (χ1v) is 6.42. The van der Waals surface area contributed by atoms with Crippen molar-refractivity contribution >= 4 is 15.9 Å². The molecule has 90 valence electrons. The van der Waals surface area contributed by atoms with Crippen LogP contribution in [0.2, 0.25) is 0 Å². The number of benzene rings is 1. The Morgan fingerprint density at radius 1 is 1.31 bits per heavy atom. The minimum atomic E-state index is -0.210. The number of aryl methyl sites for hydroxylation is 1. The van der Waals surface area contributed by atoms with E-state index in [-0.39, 0.29) is 11.9 Å². The summed E-state index contributed by atoms with van der Waals surface area (Å²) >= 11 is 3.37. The molecule has 0 spiro atoms. The lowest BCUT2D eigenvalue weighted by Crippen LogP contribution is -2.13. The van der Waals surface area contributed by atoms with E-state index in [4.69, 9.17) is 5.73 Å². The molecule has 0 unspecified atom stereocenters. The first-order valence-electron chi connectivity index (χ1n) is 5.63. The molecule has 1 aromatic rings. The van der Waals surface area contributed by atoms with E-state index in [9.17, 15) is 4.39 Å². The van der Waals surface area contributed by atoms with Crippen LogP contribution in [0.4, 0.5) is 4.39 Å². The van der Waals surface area contributed by atoms with Gasteiger partial charge in [0.1, 0.15) is 5.82 Å². The second kappa shape index (κ2) is 5.78. The zero-order chi connectivity index (χ0) is 12.3. The molecule has 0 radical (unpaired) electrons. The molecule has 0 aliphatic carbocycles. The van der Waals surface area contributed by atoms with Gasteiger partial charge in [0.2, 0.25) is 0 Å². The van der Waals surface area contributed by atoms with Crippen LogP contribution in [0.5, 0.6) is 0 Å². The Labute approximate surface area is 105 Å². The van der Waals surface area contributed by atoms with E-state index in [0.29, 0.717) is 17.0 Å². The Bertz CT molecular complexity index is 363. The van der Waals surface area contributed by atoms with Crippen molar-refractivity contribution in [3.63, 3.8) is 0 Å². The molecule has 0 bridgehead atoms. The molecule has 1 nitrogen and oxygen atoms in total. The predicted molar refractivity (Wildman–Crippen MR) is 69.8 cm³/mol. The van der Waals surface area contributed by atoms with Gasteiger partial charge < -0.3 is 5.73 Å². The molecule has 0 heterocycles. The van der Waals surface area contributed by atoms with Gasteiger partial charge in [-0.3, -0.25) is 0 Å². The Balaban J connectivity index is 2.86. The lowest BCUT2D eigenvalue weighted by atomic mass is 9.97. The van der Waals surface area contributed by atoms with Gasteiger partial charge in [0.15, 0.2) is 0 Å². The van der Waals surface area contributed by atoms with Gasteiger partial charge in [-0.2, -0.15) is 0 Å². The summed E-state index contributed by atoms with van der Waals surface area (Å²) in [5, 5.41) is 0. The van der Waals surface area contributed by atoms with Crippen LogP contribution in [0, 0.1) is 18.7 Å². The molecule has 1 aromatic carbocycles. The van der Waals surface area contributed by atoms with Crippen LogP contribution < -0.4 is 5.73 Å². The Morgan fingerprint density at radius 2 is 1.94 bits per heavy atom. The minimum absolute atomic E-state index is 0.167. The second-order valence-electron chi connectivity index (χ2n) is 4.70. The third-order valence-corrected chi connectivity index (χ3v) is 3.16. The van der Waals surface area contributed by atoms with Gasteiger partial charge in [0, 0.05) is 16.1 Å². The first kappa shape index (κ1) is 13.7. The van der Waals surface area contributed by atoms with Gasteiger partial charge in [0.05, 0.1) is 0 Å². The third kappa shape index (κ3) is 3.56. The summed E-state index contributed by atoms with van der Waals surface area (Å²) in [5.74, 6) is 0.432. The van der Waals surface area contributed by atoms with Crippen LogP contribution in [0.25, 0.3) is 0 Å². The van der Waals surface area contributed by atoms with Crippen molar-refractivity contribution in [2.45, 2.75) is 39.7 Å². The summed E-state index contributed by atoms with van der Waals surface area (Å²) in [7, 11) is 0. The van der Waals surface area contributed by atoms with Gasteiger partial charge in [-0.05, 0) is 43.4 Å². The van der Waals surface area contributed by atoms with E-state index in [1.54, 1.807) is 19.1 Å². The molecular weight excluding hydrogens is 269 g/mol. The average Bonchev–Trinajstić information content (AvgIpc) is 2.19. The number of hydrogen-bond donors (Lipinski definition) is 1. The Hall–Kier alpha value is -0.410. The van der Waals surface area contributed by atoms with Crippen molar-refractivity contribution in [2.24, 2.45) is 11.7 Å². The van der Waals surface area contributed by atoms with Crippen molar-refractivity contribution in [1.82, 2.24) is 0 Å². The molecule has 0 aliphatic rings. The zero-order valence-electron chi connectivity index (χ0n) is 10.1. The molecule has 16 heavy (non-hydrogen) atoms. The highest BCUT2D eigenvalue weighted by Gasteiger charge is 2.14. The van der Waals surface area contributed by atoms with Gasteiger partial charge in [-0.25, -0.2) is 4.39 Å². The van der Waals surface area contributed by atoms with Crippen molar-refractivity contribution in [3.8, 4) is 0 Å². The van der Waals surface area contributed by atoms with E-state index >= 15 is 0 Å². The van der Waals surface area contributed by atoms with Gasteiger partial charge >= 0.3 is 0 Å². The number of rotatable bonds is 4. The third-order valence-electron chi connectivity index (χ3n) is 2.70. The molecular formula is C13H19BrFN. The summed E-state index contributed by atoms with van der Waals surface area (Å²) in [6.45, 7) is 6.06. The maximum absolute atomic E-state index is 13.9. The Kier molecular flexibility index (Phi) is 4.93. The molecule has 0 saturated carbocycles. The summed E-state index contributed by atoms with van der Waals surface area (Å²) < 4.78 is 14.7. The van der Waals surface area contributed by atoms with Crippen molar-refractivity contribution in [2.75, 3.05) is 0 Å². The highest BCUT2D eigenvalue weighted by molar-refractivity contribution is 9.10. The molecule has 2 N–H and O–H groups in total. The topological polar surface area (TPSA) is 26.0 Å². The summed E-state index contributed by atoms with van der Waals surface area (Å²) in [4.78, 5) is 0. The maximum Gasteiger partial charge on any atom is 0.130 e. The number of hydrogen-bond acceptors (Lipinski definition) is 1. The van der Waals surface area contributed by atoms with Crippen LogP contribution in [-0.4, -0.2) is 0 Å². The van der Waals surface area contributed by atoms with Crippen LogP contribution in [0.1, 0.15) is 43.9 Å². The normalized spacial score (nSPS) is 13.2. The van der Waals surface area contributed by atoms with Crippen molar-refractivity contribution in [1.29, 1.82) is 0 Å². The molecule has 0 aliphatic heterocycles. The molecule has 0 saturated heterocycles. The van der Waals surface area contributed by atoms with Gasteiger partial charge in [0.25, 0.3) is 0 Å². The number of halogens is 2. The fourth-order valence-electron chi connectivity index (χ4n) is 1.69. The van der Waals surface area contributed by atoms with Gasteiger partial charge in [-0.15, -0.1) is 0 Å². The minimum Gasteiger partial charge on any atom is -0.324 e. The largest absolute Gasteiger partial charge is 0.324 e. The van der Waals surface area contributed by atoms with Crippen molar-refractivity contribution in [3.05, 3.63) is 33.5 Å². The van der Waals surface area contributed by atoms with Crippen LogP contribution in [0.15, 0.2) is 16.6 Å². The Morgan fingerprint density at radius 3 is 2.50 bits per heavy atom. The standard InChI is InChI=1S/C13H19BrFN/c1-8(2)4-5-12(16)11-7-10(14)6-9(3)13(11)15/h6-8,12H,4-5,16H2,1-3H3/t12-/m0/s1. The lowest BCUT2D eigenvalue weighted by molar-refractivity contribution is 0.489. The molecule has 0 fully saturated rings. The first-order chi connectivity index (χ1) is 7.41. The molecule has 3 heteroatoms. The van der Waals surface area contributed by atoms with Crippen LogP contribution in [-0.2, 0) is 0 Å². The maximum atomic E-state index is 13.9. The van der Waals surface area contributed by atoms with E-state index in [0.717, 1.165) is 17.3 Å².